The molecule has 2 aliphatic rings. The Balaban J connectivity index is 1.68. The van der Waals surface area contributed by atoms with Gasteiger partial charge in [-0.15, -0.1) is 0 Å². The second kappa shape index (κ2) is 5.54. The maximum Gasteiger partial charge on any atom is 0.125 e. The molecule has 2 nitrogen and oxygen atoms in total. The molecule has 2 atom stereocenters. The van der Waals surface area contributed by atoms with Gasteiger partial charge in [-0.3, -0.25) is 0 Å². The van der Waals surface area contributed by atoms with Crippen LogP contribution in [0.2, 0.25) is 0 Å². The number of aliphatic hydroxyl groups is 1. The SMILES string of the molecule is Cc1ccc2c(c1)[C@@H](O)CC(CC1CCCCC1)O2. The van der Waals surface area contributed by atoms with Crippen LogP contribution < -0.4 is 4.74 Å². The summed E-state index contributed by atoms with van der Waals surface area (Å²) in [6.07, 6.45) is 8.55. The van der Waals surface area contributed by atoms with Crippen molar-refractivity contribution in [3.05, 3.63) is 29.3 Å². The van der Waals surface area contributed by atoms with Crippen LogP contribution in [0.15, 0.2) is 18.2 Å². The van der Waals surface area contributed by atoms with Gasteiger partial charge in [-0.25, -0.2) is 0 Å². The standard InChI is InChI=1S/C17H24O2/c1-12-7-8-17-15(9-12)16(18)11-14(19-17)10-13-5-3-2-4-6-13/h7-9,13-14,16,18H,2-6,10-11H2,1H3/t14?,16-/m0/s1. The van der Waals surface area contributed by atoms with E-state index < -0.39 is 0 Å². The Morgan fingerprint density at radius 1 is 1.21 bits per heavy atom. The van der Waals surface area contributed by atoms with Gasteiger partial charge in [0.2, 0.25) is 0 Å². The molecule has 1 aliphatic heterocycles. The van der Waals surface area contributed by atoms with Crippen molar-refractivity contribution >= 4 is 0 Å². The lowest BCUT2D eigenvalue weighted by atomic mass is 9.83. The lowest BCUT2D eigenvalue weighted by Crippen LogP contribution is -2.28. The number of rotatable bonds is 2. The monoisotopic (exact) mass is 260 g/mol. The van der Waals surface area contributed by atoms with E-state index in [2.05, 4.69) is 19.1 Å². The molecule has 1 heterocycles. The molecular formula is C17H24O2. The summed E-state index contributed by atoms with van der Waals surface area (Å²) in [5.74, 6) is 1.70. The molecule has 0 radical (unpaired) electrons. The Hall–Kier alpha value is -1.02. The summed E-state index contributed by atoms with van der Waals surface area (Å²) in [5.41, 5.74) is 2.16. The molecule has 19 heavy (non-hydrogen) atoms. The van der Waals surface area contributed by atoms with E-state index in [9.17, 15) is 5.11 Å². The van der Waals surface area contributed by atoms with E-state index in [-0.39, 0.29) is 12.2 Å². The minimum atomic E-state index is -0.350. The molecule has 1 unspecified atom stereocenters. The molecule has 1 aliphatic carbocycles. The first-order valence-electron chi connectivity index (χ1n) is 7.67. The number of hydrogen-bond acceptors (Lipinski definition) is 2. The summed E-state index contributed by atoms with van der Waals surface area (Å²) < 4.78 is 6.10. The predicted octanol–water partition coefficient (Wildman–Crippen LogP) is 4.15. The average Bonchev–Trinajstić information content (AvgIpc) is 2.41. The van der Waals surface area contributed by atoms with Crippen molar-refractivity contribution in [2.75, 3.05) is 0 Å². The van der Waals surface area contributed by atoms with Crippen LogP contribution >= 0.6 is 0 Å². The van der Waals surface area contributed by atoms with Gasteiger partial charge in [0.1, 0.15) is 11.9 Å². The quantitative estimate of drug-likeness (QED) is 0.865. The summed E-state index contributed by atoms with van der Waals surface area (Å²) in [5, 5.41) is 10.3. The Morgan fingerprint density at radius 2 is 2.00 bits per heavy atom. The third-order valence-electron chi connectivity index (χ3n) is 4.63. The molecule has 1 aromatic carbocycles. The largest absolute Gasteiger partial charge is 0.490 e. The summed E-state index contributed by atoms with van der Waals surface area (Å²) in [4.78, 5) is 0. The van der Waals surface area contributed by atoms with Crippen molar-refractivity contribution in [2.24, 2.45) is 5.92 Å². The van der Waals surface area contributed by atoms with E-state index in [1.54, 1.807) is 0 Å². The molecule has 2 heteroatoms. The van der Waals surface area contributed by atoms with Crippen molar-refractivity contribution in [1.29, 1.82) is 0 Å². The first-order chi connectivity index (χ1) is 9.22. The lowest BCUT2D eigenvalue weighted by Gasteiger charge is -2.33. The highest BCUT2D eigenvalue weighted by atomic mass is 16.5. The van der Waals surface area contributed by atoms with Gasteiger partial charge in [0, 0.05) is 12.0 Å². The van der Waals surface area contributed by atoms with Crippen LogP contribution in [0.4, 0.5) is 0 Å². The number of ether oxygens (including phenoxy) is 1. The molecule has 1 fully saturated rings. The maximum atomic E-state index is 10.3. The van der Waals surface area contributed by atoms with Gasteiger partial charge in [0.25, 0.3) is 0 Å². The van der Waals surface area contributed by atoms with Gasteiger partial charge in [-0.05, 0) is 31.4 Å². The molecule has 1 saturated carbocycles. The molecular weight excluding hydrogens is 236 g/mol. The molecule has 1 aromatic rings. The van der Waals surface area contributed by atoms with Gasteiger partial charge in [-0.2, -0.15) is 0 Å². The molecule has 0 amide bonds. The van der Waals surface area contributed by atoms with E-state index in [0.29, 0.717) is 0 Å². The summed E-state index contributed by atoms with van der Waals surface area (Å²) in [6.45, 7) is 2.06. The zero-order valence-electron chi connectivity index (χ0n) is 11.8. The van der Waals surface area contributed by atoms with E-state index in [1.165, 1.54) is 37.7 Å². The van der Waals surface area contributed by atoms with Crippen LogP contribution in [0, 0.1) is 12.8 Å². The fourth-order valence-electron chi connectivity index (χ4n) is 3.58. The normalized spacial score (nSPS) is 27.7. The Morgan fingerprint density at radius 3 is 2.79 bits per heavy atom. The molecule has 1 N–H and O–H groups in total. The van der Waals surface area contributed by atoms with Crippen molar-refractivity contribution in [1.82, 2.24) is 0 Å². The highest BCUT2D eigenvalue weighted by Crippen LogP contribution is 2.38. The number of aryl methyl sites for hydroxylation is 1. The molecule has 3 rings (SSSR count). The predicted molar refractivity (Wildman–Crippen MR) is 76.4 cm³/mol. The lowest BCUT2D eigenvalue weighted by molar-refractivity contribution is 0.0494. The van der Waals surface area contributed by atoms with Gasteiger partial charge >= 0.3 is 0 Å². The first kappa shape index (κ1) is 13.0. The highest BCUT2D eigenvalue weighted by molar-refractivity contribution is 5.40. The maximum absolute atomic E-state index is 10.3. The van der Waals surface area contributed by atoms with Crippen LogP contribution in [0.25, 0.3) is 0 Å². The minimum Gasteiger partial charge on any atom is -0.490 e. The molecule has 0 saturated heterocycles. The highest BCUT2D eigenvalue weighted by Gasteiger charge is 2.29. The fraction of sp³-hybridized carbons (Fsp3) is 0.647. The first-order valence-corrected chi connectivity index (χ1v) is 7.67. The van der Waals surface area contributed by atoms with Gasteiger partial charge in [0.05, 0.1) is 6.10 Å². The third kappa shape index (κ3) is 2.94. The summed E-state index contributed by atoms with van der Waals surface area (Å²) in [6, 6.07) is 6.13. The zero-order valence-corrected chi connectivity index (χ0v) is 11.8. The molecule has 0 bridgehead atoms. The zero-order chi connectivity index (χ0) is 13.2. The Kier molecular flexibility index (Phi) is 3.79. The Labute approximate surface area is 115 Å². The van der Waals surface area contributed by atoms with E-state index >= 15 is 0 Å². The second-order valence-corrected chi connectivity index (χ2v) is 6.27. The van der Waals surface area contributed by atoms with Crippen molar-refractivity contribution in [3.63, 3.8) is 0 Å². The van der Waals surface area contributed by atoms with Crippen LogP contribution in [0.3, 0.4) is 0 Å². The van der Waals surface area contributed by atoms with Crippen LogP contribution in [0.1, 0.15) is 62.2 Å². The minimum absolute atomic E-state index is 0.202. The van der Waals surface area contributed by atoms with Crippen molar-refractivity contribution in [2.45, 2.75) is 64.1 Å². The van der Waals surface area contributed by atoms with Gasteiger partial charge in [0.15, 0.2) is 0 Å². The topological polar surface area (TPSA) is 29.5 Å². The number of aliphatic hydroxyl groups excluding tert-OH is 1. The number of fused-ring (bicyclic) bond motifs is 1. The third-order valence-corrected chi connectivity index (χ3v) is 4.63. The summed E-state index contributed by atoms with van der Waals surface area (Å²) >= 11 is 0. The molecule has 104 valence electrons. The average molecular weight is 260 g/mol. The van der Waals surface area contributed by atoms with Crippen LogP contribution in [-0.4, -0.2) is 11.2 Å². The van der Waals surface area contributed by atoms with Crippen molar-refractivity contribution < 1.29 is 9.84 Å². The number of hydrogen-bond donors (Lipinski definition) is 1. The van der Waals surface area contributed by atoms with Crippen LogP contribution in [-0.2, 0) is 0 Å². The van der Waals surface area contributed by atoms with Crippen LogP contribution in [0.5, 0.6) is 5.75 Å². The molecule has 0 spiro atoms. The summed E-state index contributed by atoms with van der Waals surface area (Å²) in [7, 11) is 0. The van der Waals surface area contributed by atoms with Crippen molar-refractivity contribution in [3.8, 4) is 5.75 Å². The molecule has 0 aromatic heterocycles. The second-order valence-electron chi connectivity index (χ2n) is 6.27. The van der Waals surface area contributed by atoms with E-state index in [1.807, 2.05) is 6.07 Å². The van der Waals surface area contributed by atoms with Gasteiger partial charge < -0.3 is 9.84 Å². The fourth-order valence-corrected chi connectivity index (χ4v) is 3.58. The van der Waals surface area contributed by atoms with E-state index in [0.717, 1.165) is 30.1 Å². The van der Waals surface area contributed by atoms with Gasteiger partial charge in [-0.1, -0.05) is 43.7 Å². The van der Waals surface area contributed by atoms with E-state index in [4.69, 9.17) is 4.74 Å². The number of benzene rings is 1. The Bertz CT molecular complexity index is 435. The smallest absolute Gasteiger partial charge is 0.125 e.